The molecule has 96 heavy (non-hydrogen) atoms. The number of imidazole rings is 1. The van der Waals surface area contributed by atoms with Gasteiger partial charge in [0.15, 0.2) is 18.7 Å². The summed E-state index contributed by atoms with van der Waals surface area (Å²) in [6, 6.07) is -7.85. The number of amides is 8. The van der Waals surface area contributed by atoms with Crippen LogP contribution in [0.1, 0.15) is 88.8 Å². The van der Waals surface area contributed by atoms with Crippen molar-refractivity contribution in [2.75, 3.05) is 56.8 Å². The maximum absolute atomic E-state index is 15.2. The lowest BCUT2D eigenvalue weighted by molar-refractivity contribution is -0.372. The van der Waals surface area contributed by atoms with E-state index < -0.39 is 183 Å². The number of ether oxygens (including phenoxy) is 5. The topological polar surface area (TPSA) is 627 Å². The van der Waals surface area contributed by atoms with Crippen LogP contribution in [0.4, 0.5) is 10.6 Å². The number of aromatic amines is 1. The molecule has 38 nitrogen and oxygen atoms in total. The number of primary amides is 3. The first-order chi connectivity index (χ1) is 45.3. The van der Waals surface area contributed by atoms with Gasteiger partial charge in [0, 0.05) is 55.2 Å². The summed E-state index contributed by atoms with van der Waals surface area (Å²) in [5, 5.41) is 108. The lowest BCUT2D eigenvalue weighted by atomic mass is 9.96. The maximum atomic E-state index is 15.2. The van der Waals surface area contributed by atoms with Crippen LogP contribution in [0.15, 0.2) is 23.3 Å². The van der Waals surface area contributed by atoms with Crippen LogP contribution in [0.3, 0.4) is 0 Å². The average molecular weight is 1420 g/mol. The van der Waals surface area contributed by atoms with Gasteiger partial charge in [-0.15, -0.1) is 22.7 Å². The van der Waals surface area contributed by atoms with E-state index in [9.17, 15) is 74.4 Å². The van der Waals surface area contributed by atoms with Crippen LogP contribution in [0, 0.1) is 12.8 Å². The highest BCUT2D eigenvalue weighted by Crippen LogP contribution is 2.35. The van der Waals surface area contributed by atoms with Crippen molar-refractivity contribution in [3.63, 3.8) is 0 Å². The number of nitrogen functional groups attached to an aromatic ring is 1. The zero-order chi connectivity index (χ0) is 71.0. The number of nitrogens with one attached hydrogen (secondary N) is 7. The molecule has 0 radical (unpaired) electrons. The summed E-state index contributed by atoms with van der Waals surface area (Å²) in [6.45, 7) is 3.18. The number of aromatic nitrogens is 6. The maximum Gasteiger partial charge on any atom is 0.404 e. The minimum atomic E-state index is -2.20. The minimum Gasteiger partial charge on any atom is -0.441 e. The molecule has 2 fully saturated rings. The van der Waals surface area contributed by atoms with E-state index in [1.807, 2.05) is 0 Å². The number of H-pyrrole nitrogens is 1. The van der Waals surface area contributed by atoms with E-state index in [-0.39, 0.29) is 64.9 Å². The molecular formula is C55H84N17O21S3+. The van der Waals surface area contributed by atoms with Gasteiger partial charge in [0.05, 0.1) is 85.2 Å². The third kappa shape index (κ3) is 20.6. The first-order valence-electron chi connectivity index (χ1n) is 29.8. The SMILES string of the molecule is Cc1c(N)nc([C@H](CC(N)=O)NC[C@H](N)C(N)=O)nc1C(=O)N[C@H](C(=O)N[C@H](C)[C@@H](O)[C@H](C)C(=O)N[C@H](C(=O)NCCc1nc(-c2nc(C(=O)NCCC[S+](C)C)cs2)cs1)[C@@H](C)O)C(O[C@@H]1O[C@@H](CO)[C@@H](O)[C@H](O)[C@@H]1O[C@H]1O[C@H](CO)[C@@H](O)[C@H](OC(N)=O)[C@H]1O)c1cnc[nH]1. The van der Waals surface area contributed by atoms with E-state index in [0.717, 1.165) is 24.7 Å². The lowest BCUT2D eigenvalue weighted by Gasteiger charge is -2.47. The van der Waals surface area contributed by atoms with Crippen LogP contribution < -0.4 is 60.6 Å². The van der Waals surface area contributed by atoms with E-state index in [1.165, 1.54) is 50.4 Å². The zero-order valence-corrected chi connectivity index (χ0v) is 55.3. The summed E-state index contributed by atoms with van der Waals surface area (Å²) in [5.41, 5.74) is 28.1. The zero-order valence-electron chi connectivity index (χ0n) is 52.9. The monoisotopic (exact) mass is 1410 g/mol. The summed E-state index contributed by atoms with van der Waals surface area (Å²) in [6.07, 6.45) is -20.0. The van der Waals surface area contributed by atoms with Gasteiger partial charge in [-0.3, -0.25) is 33.6 Å². The molecule has 25 N–H and O–H groups in total. The fourth-order valence-corrected chi connectivity index (χ4v) is 12.1. The molecule has 4 aromatic rings. The number of carbonyl (C=O) groups excluding carboxylic acids is 8. The Bertz CT molecular complexity index is 3280. The predicted molar refractivity (Wildman–Crippen MR) is 339 cm³/mol. The standard InChI is InChI=1S/C55H83N17O21S3/c1-20-33(69-46(72-44(20)58)25(12-31(57)76)64-13-24(56)45(59)82)50(86)71-35(41(26-14-61-19-65-26)91-54-43(39(80)37(78)29(15-73)90-54)92-53-40(81)42(93-55(60)88)38(79)30(16-74)89-53)51(87)66-22(3)36(77)21(2)47(83)70-34(23(4)75)49(85)63-10-8-32-67-28(18-94-32)52-68-27(17-95-52)48(84)62-9-7-11-96(5)6/h14,17-19,21-25,29-30,34-43,53-54,64,73-75,77-81H,7-13,15-16,56H2,1-6H3,(H13-,57,58,59,60,61,62,63,65,66,69,70,71,72,76,82,83,84,85,86,87,88)/p+1/t21-,22+,23+,24-,25-,29-,30+,34-,35-,36-,37+,38+,39-,40+,41?,42-,43-,53+,54-/m0/s1. The number of anilines is 1. The molecule has 0 bridgehead atoms. The summed E-state index contributed by atoms with van der Waals surface area (Å²) < 4.78 is 28.7. The third-order valence-corrected chi connectivity index (χ3v) is 18.2. The van der Waals surface area contributed by atoms with Gasteiger partial charge < -0.3 is 130 Å². The molecule has 6 heterocycles. The molecule has 41 heteroatoms. The van der Waals surface area contributed by atoms with Crippen molar-refractivity contribution in [2.45, 2.75) is 157 Å². The summed E-state index contributed by atoms with van der Waals surface area (Å²) >= 11 is 2.52. The van der Waals surface area contributed by atoms with Gasteiger partial charge in [-0.2, -0.15) is 0 Å². The van der Waals surface area contributed by atoms with Crippen LogP contribution in [0.25, 0.3) is 10.7 Å². The third-order valence-electron chi connectivity index (χ3n) is 15.3. The molecule has 19 atom stereocenters. The van der Waals surface area contributed by atoms with Crippen molar-refractivity contribution < 1.29 is 103 Å². The van der Waals surface area contributed by atoms with E-state index in [4.69, 9.17) is 52.4 Å². The van der Waals surface area contributed by atoms with Gasteiger partial charge in [0.1, 0.15) is 100 Å². The number of aliphatic hydroxyl groups excluding tert-OH is 8. The number of hydrogen-bond acceptors (Lipinski definition) is 31. The van der Waals surface area contributed by atoms with Crippen molar-refractivity contribution in [3.05, 3.63) is 56.8 Å². The quantitative estimate of drug-likeness (QED) is 0.0150. The number of thiazole rings is 2. The van der Waals surface area contributed by atoms with Crippen molar-refractivity contribution in [1.82, 2.24) is 61.8 Å². The van der Waals surface area contributed by atoms with Crippen LogP contribution in [0.5, 0.6) is 0 Å². The first kappa shape index (κ1) is 77.7. The Labute approximate surface area is 559 Å². The van der Waals surface area contributed by atoms with Gasteiger partial charge in [-0.05, 0) is 31.7 Å². The summed E-state index contributed by atoms with van der Waals surface area (Å²) in [5.74, 6) is -7.69. The molecule has 4 aromatic heterocycles. The Kier molecular flexibility index (Phi) is 29.0. The second-order valence-corrected chi connectivity index (χ2v) is 27.0. The van der Waals surface area contributed by atoms with Gasteiger partial charge in [-0.1, -0.05) is 6.92 Å². The van der Waals surface area contributed by atoms with E-state index >= 15 is 4.79 Å². The Morgan fingerprint density at radius 3 is 2.09 bits per heavy atom. The highest BCUT2D eigenvalue weighted by molar-refractivity contribution is 7.95. The second kappa shape index (κ2) is 35.8. The Hall–Kier alpha value is -7.30. The average Bonchev–Trinajstić information content (AvgIpc) is 0.885. The van der Waals surface area contributed by atoms with E-state index in [2.05, 4.69) is 74.3 Å². The Morgan fingerprint density at radius 1 is 0.781 bits per heavy atom. The molecule has 0 aliphatic carbocycles. The lowest BCUT2D eigenvalue weighted by Crippen LogP contribution is -2.65. The fourth-order valence-electron chi connectivity index (χ4n) is 9.80. The molecule has 0 aromatic carbocycles. The second-order valence-electron chi connectivity index (χ2n) is 22.8. The highest BCUT2D eigenvalue weighted by atomic mass is 32.2. The molecule has 6 rings (SSSR count). The molecule has 2 saturated heterocycles. The first-order valence-corrected chi connectivity index (χ1v) is 33.8. The van der Waals surface area contributed by atoms with Crippen molar-refractivity contribution in [1.29, 1.82) is 0 Å². The number of rotatable bonds is 35. The number of nitrogens with two attached hydrogens (primary N) is 5. The molecule has 2 aliphatic rings. The molecule has 8 amide bonds. The molecule has 0 saturated carbocycles. The van der Waals surface area contributed by atoms with Crippen molar-refractivity contribution >= 4 is 86.8 Å². The summed E-state index contributed by atoms with van der Waals surface area (Å²) in [4.78, 5) is 131. The van der Waals surface area contributed by atoms with E-state index in [0.29, 0.717) is 22.3 Å². The van der Waals surface area contributed by atoms with Crippen LogP contribution in [-0.2, 0) is 65.0 Å². The number of aliphatic hydroxyl groups is 8. The van der Waals surface area contributed by atoms with Gasteiger partial charge in [0.25, 0.3) is 11.8 Å². The van der Waals surface area contributed by atoms with Crippen molar-refractivity contribution in [3.8, 4) is 10.7 Å². The van der Waals surface area contributed by atoms with Gasteiger partial charge in [0.2, 0.25) is 29.5 Å². The largest absolute Gasteiger partial charge is 0.441 e. The molecular weight excluding hydrogens is 1330 g/mol. The summed E-state index contributed by atoms with van der Waals surface area (Å²) in [7, 11) is 0.254. The Morgan fingerprint density at radius 2 is 1.47 bits per heavy atom. The molecule has 1 unspecified atom stereocenters. The number of nitrogens with zero attached hydrogens (tertiary/aromatic N) is 5. The Balaban J connectivity index is 1.26. The minimum absolute atomic E-state index is 0.00498. The van der Waals surface area contributed by atoms with Crippen LogP contribution >= 0.6 is 22.7 Å². The van der Waals surface area contributed by atoms with Gasteiger partial charge >= 0.3 is 6.09 Å². The predicted octanol–water partition coefficient (Wildman–Crippen LogP) is -7.70. The van der Waals surface area contributed by atoms with Crippen LogP contribution in [0.2, 0.25) is 0 Å². The van der Waals surface area contributed by atoms with Gasteiger partial charge in [-0.25, -0.2) is 29.7 Å². The number of carbonyl (C=O) groups is 8. The van der Waals surface area contributed by atoms with Crippen LogP contribution in [-0.4, -0.2) is 267 Å². The molecule has 2 aliphatic heterocycles. The smallest absolute Gasteiger partial charge is 0.404 e. The molecule has 0 spiro atoms. The van der Waals surface area contributed by atoms with E-state index in [1.54, 1.807) is 10.8 Å². The van der Waals surface area contributed by atoms with Crippen molar-refractivity contribution in [2.24, 2.45) is 28.9 Å². The highest BCUT2D eigenvalue weighted by Gasteiger charge is 2.54. The number of hydrogen-bond donors (Lipinski definition) is 20. The normalized spacial score (nSPS) is 24.0. The fraction of sp³-hybridized carbons (Fsp3) is 0.618. The molecule has 532 valence electrons.